The number of hydrogen-bond acceptors (Lipinski definition) is 1. The first-order valence-electron chi connectivity index (χ1n) is 5.46. The van der Waals surface area contributed by atoms with Crippen molar-refractivity contribution in [3.63, 3.8) is 0 Å². The van der Waals surface area contributed by atoms with Crippen LogP contribution < -0.4 is 0 Å². The first-order chi connectivity index (χ1) is 6.49. The van der Waals surface area contributed by atoms with E-state index in [0.29, 0.717) is 16.6 Å². The normalized spacial score (nSPS) is 28.9. The quantitative estimate of drug-likeness (QED) is 0.511. The Bertz CT molecular complexity index is 248. The van der Waals surface area contributed by atoms with E-state index in [2.05, 4.69) is 45.9 Å². The summed E-state index contributed by atoms with van der Waals surface area (Å²) in [6, 6.07) is 0. The van der Waals surface area contributed by atoms with E-state index >= 15 is 0 Å². The zero-order valence-corrected chi connectivity index (χ0v) is 10.6. The summed E-state index contributed by atoms with van der Waals surface area (Å²) in [6.07, 6.45) is 9.20. The van der Waals surface area contributed by atoms with Crippen LogP contribution in [0.4, 0.5) is 0 Å². The minimum atomic E-state index is 0.367. The van der Waals surface area contributed by atoms with Gasteiger partial charge in [-0.25, -0.2) is 0 Å². The molecule has 0 heterocycles. The molecule has 1 rings (SSSR count). The Balaban J connectivity index is 2.91. The Morgan fingerprint density at radius 2 is 2.21 bits per heavy atom. The third-order valence-corrected chi connectivity index (χ3v) is 3.79. The summed E-state index contributed by atoms with van der Waals surface area (Å²) in [7, 11) is 0. The molecule has 0 aliphatic heterocycles. The van der Waals surface area contributed by atoms with Gasteiger partial charge in [-0.05, 0) is 38.0 Å². The predicted octanol–water partition coefficient (Wildman–Crippen LogP) is 4.24. The van der Waals surface area contributed by atoms with Gasteiger partial charge in [-0.1, -0.05) is 37.6 Å². The fourth-order valence-electron chi connectivity index (χ4n) is 2.61. The molecule has 0 amide bonds. The maximum atomic E-state index is 4.70. The Hall–Kier alpha value is -0.170. The molecule has 0 spiro atoms. The Labute approximate surface area is 93.9 Å². The van der Waals surface area contributed by atoms with Crippen molar-refractivity contribution < 1.29 is 0 Å². The summed E-state index contributed by atoms with van der Waals surface area (Å²) >= 11 is 4.70. The Morgan fingerprint density at radius 3 is 2.71 bits per heavy atom. The Morgan fingerprint density at radius 1 is 1.57 bits per heavy atom. The zero-order valence-electron chi connectivity index (χ0n) is 9.75. The van der Waals surface area contributed by atoms with E-state index in [1.54, 1.807) is 0 Å². The van der Waals surface area contributed by atoms with Crippen LogP contribution in [0.3, 0.4) is 0 Å². The fraction of sp³-hybridized carbons (Fsp3) is 0.692. The summed E-state index contributed by atoms with van der Waals surface area (Å²) in [5.41, 5.74) is 1.91. The summed E-state index contributed by atoms with van der Waals surface area (Å²) in [6.45, 7) is 9.04. The third kappa shape index (κ3) is 2.44. The lowest BCUT2D eigenvalue weighted by molar-refractivity contribution is 0.221. The molecule has 1 aliphatic rings. The van der Waals surface area contributed by atoms with Gasteiger partial charge in [-0.2, -0.15) is 12.6 Å². The Kier molecular flexibility index (Phi) is 3.88. The first kappa shape index (κ1) is 11.9. The second-order valence-electron chi connectivity index (χ2n) is 4.97. The van der Waals surface area contributed by atoms with Crippen molar-refractivity contribution in [2.45, 2.75) is 45.8 Å². The van der Waals surface area contributed by atoms with Crippen molar-refractivity contribution >= 4 is 12.6 Å². The molecule has 0 aromatic carbocycles. The van der Waals surface area contributed by atoms with Crippen LogP contribution in [0.5, 0.6) is 0 Å². The molecule has 1 aliphatic carbocycles. The van der Waals surface area contributed by atoms with Crippen LogP contribution >= 0.6 is 12.6 Å². The van der Waals surface area contributed by atoms with E-state index < -0.39 is 0 Å². The monoisotopic (exact) mass is 210 g/mol. The molecular weight excluding hydrogens is 188 g/mol. The average molecular weight is 210 g/mol. The van der Waals surface area contributed by atoms with E-state index in [1.165, 1.54) is 18.4 Å². The van der Waals surface area contributed by atoms with Gasteiger partial charge < -0.3 is 0 Å². The summed E-state index contributed by atoms with van der Waals surface area (Å²) in [4.78, 5) is 0. The van der Waals surface area contributed by atoms with Crippen molar-refractivity contribution in [1.82, 2.24) is 0 Å². The highest BCUT2D eigenvalue weighted by Crippen LogP contribution is 2.44. The van der Waals surface area contributed by atoms with E-state index in [4.69, 9.17) is 12.6 Å². The first-order valence-corrected chi connectivity index (χ1v) is 5.98. The van der Waals surface area contributed by atoms with Crippen LogP contribution in [0, 0.1) is 11.3 Å². The number of rotatable bonds is 2. The van der Waals surface area contributed by atoms with Gasteiger partial charge in [-0.15, -0.1) is 0 Å². The second-order valence-corrected chi connectivity index (χ2v) is 5.57. The van der Waals surface area contributed by atoms with Crippen LogP contribution in [-0.4, -0.2) is 5.25 Å². The predicted molar refractivity (Wildman–Crippen MR) is 67.9 cm³/mol. The number of hydrogen-bond donors (Lipinski definition) is 1. The van der Waals surface area contributed by atoms with Crippen LogP contribution in [0.1, 0.15) is 40.5 Å². The van der Waals surface area contributed by atoms with E-state index in [-0.39, 0.29) is 0 Å². The number of allylic oxidation sites excluding steroid dienone is 3. The summed E-state index contributed by atoms with van der Waals surface area (Å²) in [5.74, 6) is 0.593. The maximum absolute atomic E-state index is 4.70. The van der Waals surface area contributed by atoms with E-state index in [1.807, 2.05) is 0 Å². The van der Waals surface area contributed by atoms with Crippen molar-refractivity contribution in [1.29, 1.82) is 0 Å². The van der Waals surface area contributed by atoms with Gasteiger partial charge >= 0.3 is 0 Å². The van der Waals surface area contributed by atoms with Crippen molar-refractivity contribution in [2.24, 2.45) is 11.3 Å². The second kappa shape index (κ2) is 4.57. The number of thiol groups is 1. The van der Waals surface area contributed by atoms with Gasteiger partial charge in [0.1, 0.15) is 0 Å². The lowest BCUT2D eigenvalue weighted by Gasteiger charge is -2.40. The molecule has 2 atom stereocenters. The van der Waals surface area contributed by atoms with Crippen molar-refractivity contribution in [3.05, 3.63) is 23.8 Å². The molecule has 0 bridgehead atoms. The zero-order chi connectivity index (χ0) is 10.8. The minimum Gasteiger partial charge on any atom is -0.171 e. The molecule has 2 unspecified atom stereocenters. The maximum Gasteiger partial charge on any atom is 0.0267 e. The van der Waals surface area contributed by atoms with Gasteiger partial charge in [0.15, 0.2) is 0 Å². The summed E-state index contributed by atoms with van der Waals surface area (Å²) < 4.78 is 0. The van der Waals surface area contributed by atoms with Crippen molar-refractivity contribution in [3.8, 4) is 0 Å². The lowest BCUT2D eigenvalue weighted by atomic mass is 9.67. The smallest absolute Gasteiger partial charge is 0.0267 e. The molecule has 0 aromatic rings. The van der Waals surface area contributed by atoms with Crippen LogP contribution in [-0.2, 0) is 0 Å². The van der Waals surface area contributed by atoms with Gasteiger partial charge in [0.05, 0.1) is 0 Å². The molecule has 80 valence electrons. The lowest BCUT2D eigenvalue weighted by Crippen LogP contribution is -2.33. The van der Waals surface area contributed by atoms with Gasteiger partial charge in [0, 0.05) is 5.25 Å². The largest absolute Gasteiger partial charge is 0.171 e. The molecular formula is C13H22S. The molecule has 0 nitrogen and oxygen atoms in total. The fourth-order valence-corrected chi connectivity index (χ4v) is 3.42. The van der Waals surface area contributed by atoms with Gasteiger partial charge in [-0.3, -0.25) is 0 Å². The average Bonchev–Trinajstić information content (AvgIpc) is 2.02. The van der Waals surface area contributed by atoms with E-state index in [0.717, 1.165) is 0 Å². The van der Waals surface area contributed by atoms with Gasteiger partial charge in [0.25, 0.3) is 0 Å². The van der Waals surface area contributed by atoms with Gasteiger partial charge in [0.2, 0.25) is 0 Å². The molecule has 0 N–H and O–H groups in total. The topological polar surface area (TPSA) is 0 Å². The molecule has 0 saturated heterocycles. The molecule has 1 heteroatoms. The molecule has 0 saturated carbocycles. The highest BCUT2D eigenvalue weighted by atomic mass is 32.1. The summed E-state index contributed by atoms with van der Waals surface area (Å²) in [5, 5.41) is 0.367. The van der Waals surface area contributed by atoms with Crippen LogP contribution in [0.2, 0.25) is 0 Å². The standard InChI is InChI=1S/C13H22S/c1-5-7-11(14)12-10(2)8-6-9-13(12,3)4/h5,7-8,11-12,14H,6,9H2,1-4H3. The van der Waals surface area contributed by atoms with E-state index in [9.17, 15) is 0 Å². The van der Waals surface area contributed by atoms with Crippen LogP contribution in [0.25, 0.3) is 0 Å². The van der Waals surface area contributed by atoms with Crippen LogP contribution in [0.15, 0.2) is 23.8 Å². The highest BCUT2D eigenvalue weighted by Gasteiger charge is 2.35. The van der Waals surface area contributed by atoms with Crippen molar-refractivity contribution in [2.75, 3.05) is 0 Å². The molecule has 0 aromatic heterocycles. The molecule has 0 fully saturated rings. The minimum absolute atomic E-state index is 0.367. The third-order valence-electron chi connectivity index (χ3n) is 3.32. The molecule has 0 radical (unpaired) electrons. The molecule has 14 heavy (non-hydrogen) atoms. The highest BCUT2D eigenvalue weighted by molar-refractivity contribution is 7.81. The SMILES string of the molecule is CC=CC(S)C1C(C)=CCCC1(C)C.